The molecule has 0 saturated carbocycles. The summed E-state index contributed by atoms with van der Waals surface area (Å²) in [7, 11) is 0. The summed E-state index contributed by atoms with van der Waals surface area (Å²) in [5, 5.41) is 0. The Morgan fingerprint density at radius 2 is 1.76 bits per heavy atom. The van der Waals surface area contributed by atoms with Crippen LogP contribution in [0.15, 0.2) is 53.6 Å². The summed E-state index contributed by atoms with van der Waals surface area (Å²) in [5.41, 5.74) is 0.0882. The molecule has 0 unspecified atom stereocenters. The number of anilines is 1. The van der Waals surface area contributed by atoms with E-state index < -0.39 is 0 Å². The average molecular weight is 339 g/mol. The molecule has 2 fully saturated rings. The van der Waals surface area contributed by atoms with E-state index in [1.54, 1.807) is 16.7 Å². The maximum absolute atomic E-state index is 11.7. The molecule has 0 bridgehead atoms. The third kappa shape index (κ3) is 3.75. The van der Waals surface area contributed by atoms with Crippen molar-refractivity contribution in [3.63, 3.8) is 0 Å². The molecule has 2 saturated heterocycles. The molecule has 0 atom stereocenters. The monoisotopic (exact) mass is 339 g/mol. The largest absolute Gasteiger partial charge is 0.354 e. The number of pyridine rings is 2. The Bertz CT molecular complexity index is 733. The van der Waals surface area contributed by atoms with Gasteiger partial charge in [0, 0.05) is 76.9 Å². The zero-order chi connectivity index (χ0) is 17.1. The van der Waals surface area contributed by atoms with Crippen LogP contribution in [0.3, 0.4) is 0 Å². The molecule has 0 aliphatic carbocycles. The second-order valence-electron chi connectivity index (χ2n) is 6.86. The Morgan fingerprint density at radius 1 is 0.960 bits per heavy atom. The molecule has 2 aromatic rings. The van der Waals surface area contributed by atoms with Crippen molar-refractivity contribution in [2.45, 2.75) is 12.6 Å². The SMILES string of the molecule is O=c1ccccn1CCN1CC(N2CCN(c3ccccn3)CC2)C1. The van der Waals surface area contributed by atoms with Gasteiger partial charge in [-0.2, -0.15) is 0 Å². The number of hydrogen-bond donors (Lipinski definition) is 0. The Labute approximate surface area is 148 Å². The first-order valence-electron chi connectivity index (χ1n) is 9.07. The number of piperazine rings is 1. The lowest BCUT2D eigenvalue weighted by Crippen LogP contribution is -2.63. The Morgan fingerprint density at radius 3 is 2.48 bits per heavy atom. The Kier molecular flexibility index (Phi) is 4.81. The van der Waals surface area contributed by atoms with Crippen molar-refractivity contribution in [3.05, 3.63) is 59.1 Å². The van der Waals surface area contributed by atoms with Gasteiger partial charge < -0.3 is 9.47 Å². The van der Waals surface area contributed by atoms with Gasteiger partial charge in [-0.25, -0.2) is 4.98 Å². The Hall–Kier alpha value is -2.18. The quantitative estimate of drug-likeness (QED) is 0.804. The van der Waals surface area contributed by atoms with Crippen molar-refractivity contribution in [3.8, 4) is 0 Å². The van der Waals surface area contributed by atoms with Crippen LogP contribution in [-0.2, 0) is 6.54 Å². The maximum Gasteiger partial charge on any atom is 0.250 e. The second-order valence-corrected chi connectivity index (χ2v) is 6.86. The van der Waals surface area contributed by atoms with Crippen LogP contribution in [0.2, 0.25) is 0 Å². The molecule has 0 amide bonds. The van der Waals surface area contributed by atoms with E-state index in [1.165, 1.54) is 0 Å². The standard InChI is InChI=1S/C19H25N5O/c25-19-6-2-4-8-24(19)10-9-21-15-17(16-21)22-11-13-23(14-12-22)18-5-1-3-7-20-18/h1-8,17H,9-16H2. The van der Waals surface area contributed by atoms with Crippen molar-refractivity contribution in [2.75, 3.05) is 50.7 Å². The van der Waals surface area contributed by atoms with Crippen LogP contribution in [0.5, 0.6) is 0 Å². The Balaban J connectivity index is 1.20. The van der Waals surface area contributed by atoms with Crippen LogP contribution in [0.1, 0.15) is 0 Å². The fraction of sp³-hybridized carbons (Fsp3) is 0.474. The average Bonchev–Trinajstić information content (AvgIpc) is 2.63. The first-order valence-corrected chi connectivity index (χ1v) is 9.07. The topological polar surface area (TPSA) is 44.6 Å². The van der Waals surface area contributed by atoms with Crippen LogP contribution in [0, 0.1) is 0 Å². The molecule has 0 N–H and O–H groups in total. The van der Waals surface area contributed by atoms with E-state index in [9.17, 15) is 4.79 Å². The molecule has 4 heterocycles. The van der Waals surface area contributed by atoms with Gasteiger partial charge in [0.15, 0.2) is 0 Å². The maximum atomic E-state index is 11.7. The molecule has 6 heteroatoms. The third-order valence-corrected chi connectivity index (χ3v) is 5.30. The summed E-state index contributed by atoms with van der Waals surface area (Å²) in [6.07, 6.45) is 3.74. The predicted octanol–water partition coefficient (Wildman–Crippen LogP) is 0.750. The summed E-state index contributed by atoms with van der Waals surface area (Å²) in [4.78, 5) is 23.6. The van der Waals surface area contributed by atoms with E-state index in [0.29, 0.717) is 6.04 Å². The van der Waals surface area contributed by atoms with Crippen molar-refractivity contribution >= 4 is 5.82 Å². The number of likely N-dealkylation sites (tertiary alicyclic amines) is 1. The molecule has 4 rings (SSSR count). The lowest BCUT2D eigenvalue weighted by molar-refractivity contribution is 0.0286. The van der Waals surface area contributed by atoms with Gasteiger partial charge in [0.25, 0.3) is 5.56 Å². The van der Waals surface area contributed by atoms with Crippen LogP contribution < -0.4 is 10.5 Å². The number of aromatic nitrogens is 2. The predicted molar refractivity (Wildman–Crippen MR) is 99.0 cm³/mol. The van der Waals surface area contributed by atoms with E-state index in [0.717, 1.165) is 58.2 Å². The summed E-state index contributed by atoms with van der Waals surface area (Å²) < 4.78 is 1.79. The zero-order valence-electron chi connectivity index (χ0n) is 14.5. The fourth-order valence-corrected chi connectivity index (χ4v) is 3.71. The highest BCUT2D eigenvalue weighted by Gasteiger charge is 2.33. The van der Waals surface area contributed by atoms with Gasteiger partial charge in [0.05, 0.1) is 0 Å². The zero-order valence-corrected chi connectivity index (χ0v) is 14.5. The molecule has 0 aromatic carbocycles. The van der Waals surface area contributed by atoms with Crippen molar-refractivity contribution in [2.24, 2.45) is 0 Å². The highest BCUT2D eigenvalue weighted by Crippen LogP contribution is 2.19. The number of hydrogen-bond acceptors (Lipinski definition) is 5. The normalized spacial score (nSPS) is 19.8. The number of rotatable bonds is 5. The highest BCUT2D eigenvalue weighted by molar-refractivity contribution is 5.38. The smallest absolute Gasteiger partial charge is 0.250 e. The van der Waals surface area contributed by atoms with Gasteiger partial charge in [-0.15, -0.1) is 0 Å². The van der Waals surface area contributed by atoms with Gasteiger partial charge in [-0.3, -0.25) is 14.6 Å². The van der Waals surface area contributed by atoms with E-state index in [4.69, 9.17) is 0 Å². The number of nitrogens with zero attached hydrogens (tertiary/aromatic N) is 5. The van der Waals surface area contributed by atoms with Crippen LogP contribution in [-0.4, -0.2) is 71.2 Å². The van der Waals surface area contributed by atoms with Crippen molar-refractivity contribution in [1.29, 1.82) is 0 Å². The molecular formula is C19H25N5O. The van der Waals surface area contributed by atoms with E-state index >= 15 is 0 Å². The van der Waals surface area contributed by atoms with Gasteiger partial charge >= 0.3 is 0 Å². The van der Waals surface area contributed by atoms with Crippen LogP contribution in [0.4, 0.5) is 5.82 Å². The van der Waals surface area contributed by atoms with Gasteiger partial charge in [-0.05, 0) is 18.2 Å². The van der Waals surface area contributed by atoms with Gasteiger partial charge in [0.2, 0.25) is 0 Å². The molecule has 2 aliphatic rings. The van der Waals surface area contributed by atoms with Crippen LogP contribution >= 0.6 is 0 Å². The molecule has 2 aliphatic heterocycles. The van der Waals surface area contributed by atoms with E-state index in [1.807, 2.05) is 24.5 Å². The van der Waals surface area contributed by atoms with Crippen LogP contribution in [0.25, 0.3) is 0 Å². The first kappa shape index (κ1) is 16.3. The lowest BCUT2D eigenvalue weighted by atomic mass is 10.1. The molecule has 0 radical (unpaired) electrons. The third-order valence-electron chi connectivity index (χ3n) is 5.30. The molecule has 6 nitrogen and oxygen atoms in total. The molecule has 2 aromatic heterocycles. The minimum Gasteiger partial charge on any atom is -0.354 e. The minimum atomic E-state index is 0.0882. The summed E-state index contributed by atoms with van der Waals surface area (Å²) in [5.74, 6) is 1.09. The minimum absolute atomic E-state index is 0.0882. The summed E-state index contributed by atoms with van der Waals surface area (Å²) in [6, 6.07) is 12.1. The molecule has 132 valence electrons. The van der Waals surface area contributed by atoms with E-state index in [-0.39, 0.29) is 5.56 Å². The lowest BCUT2D eigenvalue weighted by Gasteiger charge is -2.48. The first-order chi connectivity index (χ1) is 12.3. The van der Waals surface area contributed by atoms with Crippen molar-refractivity contribution < 1.29 is 0 Å². The fourth-order valence-electron chi connectivity index (χ4n) is 3.71. The molecular weight excluding hydrogens is 314 g/mol. The molecule has 25 heavy (non-hydrogen) atoms. The summed E-state index contributed by atoms with van der Waals surface area (Å²) >= 11 is 0. The summed E-state index contributed by atoms with van der Waals surface area (Å²) in [6.45, 7) is 8.27. The second kappa shape index (κ2) is 7.37. The molecule has 0 spiro atoms. The van der Waals surface area contributed by atoms with Crippen molar-refractivity contribution in [1.82, 2.24) is 19.4 Å². The van der Waals surface area contributed by atoms with Gasteiger partial charge in [-0.1, -0.05) is 12.1 Å². The van der Waals surface area contributed by atoms with Gasteiger partial charge in [0.1, 0.15) is 5.82 Å². The van der Waals surface area contributed by atoms with E-state index in [2.05, 4.69) is 31.8 Å². The highest BCUT2D eigenvalue weighted by atomic mass is 16.1.